The zero-order valence-corrected chi connectivity index (χ0v) is 16.8. The summed E-state index contributed by atoms with van der Waals surface area (Å²) in [5, 5.41) is 3.80. The molecule has 1 aromatic heterocycles. The molecule has 136 valence electrons. The Kier molecular flexibility index (Phi) is 4.18. The molecule has 3 heteroatoms. The van der Waals surface area contributed by atoms with Gasteiger partial charge < -0.3 is 4.90 Å². The van der Waals surface area contributed by atoms with E-state index in [1.165, 1.54) is 43.2 Å². The summed E-state index contributed by atoms with van der Waals surface area (Å²) in [6, 6.07) is 28.1. The van der Waals surface area contributed by atoms with Crippen molar-refractivity contribution in [1.29, 1.82) is 0 Å². The normalized spacial score (nSPS) is 14.6. The van der Waals surface area contributed by atoms with Crippen molar-refractivity contribution in [3.63, 3.8) is 0 Å². The third-order valence-corrected chi connectivity index (χ3v) is 6.50. The molecule has 28 heavy (non-hydrogen) atoms. The van der Waals surface area contributed by atoms with Crippen LogP contribution >= 0.6 is 11.8 Å². The fourth-order valence-corrected chi connectivity index (χ4v) is 4.85. The highest BCUT2D eigenvalue weighted by Crippen LogP contribution is 2.45. The number of aryl methyl sites for hydroxylation is 1. The lowest BCUT2D eigenvalue weighted by molar-refractivity contribution is -0.673. The van der Waals surface area contributed by atoms with E-state index in [1.54, 1.807) is 0 Å². The number of anilines is 1. The second-order valence-corrected chi connectivity index (χ2v) is 8.15. The van der Waals surface area contributed by atoms with Gasteiger partial charge in [-0.2, -0.15) is 0 Å². The molecule has 1 aliphatic heterocycles. The topological polar surface area (TPSA) is 7.12 Å². The molecule has 0 atom stereocenters. The van der Waals surface area contributed by atoms with Gasteiger partial charge in [0.2, 0.25) is 5.69 Å². The van der Waals surface area contributed by atoms with Crippen LogP contribution in [0.5, 0.6) is 0 Å². The third-order valence-electron chi connectivity index (χ3n) is 5.33. The van der Waals surface area contributed by atoms with Gasteiger partial charge in [-0.1, -0.05) is 66.4 Å². The molecule has 0 spiro atoms. The third kappa shape index (κ3) is 2.88. The van der Waals surface area contributed by atoms with Crippen LogP contribution in [0.4, 0.5) is 5.69 Å². The van der Waals surface area contributed by atoms with E-state index in [1.807, 2.05) is 11.8 Å². The number of rotatable bonds is 2. The maximum atomic E-state index is 2.28. The Hall–Kier alpha value is -3.04. The fraction of sp³-hybridized carbons (Fsp3) is 0.0800. The summed E-state index contributed by atoms with van der Waals surface area (Å²) >= 11 is 1.83. The molecule has 3 aromatic carbocycles. The van der Waals surface area contributed by atoms with Gasteiger partial charge in [0.1, 0.15) is 7.05 Å². The molecule has 0 saturated carbocycles. The van der Waals surface area contributed by atoms with Crippen molar-refractivity contribution in [2.24, 2.45) is 7.05 Å². The summed E-state index contributed by atoms with van der Waals surface area (Å²) in [6.07, 6.45) is 4.43. The summed E-state index contributed by atoms with van der Waals surface area (Å²) in [7, 11) is 4.24. The largest absolute Gasteiger partial charge is 0.338 e. The highest BCUT2D eigenvalue weighted by Gasteiger charge is 2.22. The molecule has 0 radical (unpaired) electrons. The number of thioether (sulfide) groups is 1. The molecular weight excluding hydrogens is 360 g/mol. The van der Waals surface area contributed by atoms with Crippen LogP contribution in [0.25, 0.3) is 28.0 Å². The Morgan fingerprint density at radius 1 is 0.893 bits per heavy atom. The minimum atomic E-state index is 1.19. The predicted octanol–water partition coefficient (Wildman–Crippen LogP) is 5.87. The zero-order valence-electron chi connectivity index (χ0n) is 16.0. The van der Waals surface area contributed by atoms with Crippen molar-refractivity contribution in [2.75, 3.05) is 11.9 Å². The first-order valence-electron chi connectivity index (χ1n) is 9.41. The van der Waals surface area contributed by atoms with Gasteiger partial charge in [-0.05, 0) is 34.0 Å². The second kappa shape index (κ2) is 6.84. The first kappa shape index (κ1) is 17.1. The first-order valence-corrected chi connectivity index (χ1v) is 10.2. The lowest BCUT2D eigenvalue weighted by Crippen LogP contribution is -2.31. The molecule has 4 aromatic rings. The lowest BCUT2D eigenvalue weighted by atomic mass is 9.98. The maximum absolute atomic E-state index is 2.28. The number of para-hydroxylation sites is 1. The first-order chi connectivity index (χ1) is 13.7. The van der Waals surface area contributed by atoms with Gasteiger partial charge in [-0.25, -0.2) is 4.57 Å². The monoisotopic (exact) mass is 381 g/mol. The van der Waals surface area contributed by atoms with Crippen LogP contribution in [-0.2, 0) is 7.05 Å². The lowest BCUT2D eigenvalue weighted by Gasteiger charge is -2.13. The minimum absolute atomic E-state index is 1.19. The average molecular weight is 382 g/mol. The van der Waals surface area contributed by atoms with Crippen LogP contribution in [0, 0.1) is 0 Å². The molecule has 1 aliphatic rings. The van der Waals surface area contributed by atoms with Crippen LogP contribution in [-0.4, -0.2) is 7.05 Å². The highest BCUT2D eigenvalue weighted by molar-refractivity contribution is 8.03. The zero-order chi connectivity index (χ0) is 19.1. The Labute approximate surface area is 169 Å². The van der Waals surface area contributed by atoms with E-state index < -0.39 is 0 Å². The Balaban J connectivity index is 1.59. The van der Waals surface area contributed by atoms with E-state index in [9.17, 15) is 0 Å². The van der Waals surface area contributed by atoms with Gasteiger partial charge in [0.15, 0.2) is 6.20 Å². The molecule has 0 unspecified atom stereocenters. The Morgan fingerprint density at radius 3 is 2.57 bits per heavy atom. The molecule has 0 N–H and O–H groups in total. The van der Waals surface area contributed by atoms with Crippen LogP contribution in [0.2, 0.25) is 0 Å². The van der Waals surface area contributed by atoms with Crippen molar-refractivity contribution >= 4 is 34.3 Å². The van der Waals surface area contributed by atoms with E-state index in [0.29, 0.717) is 0 Å². The van der Waals surface area contributed by atoms with Gasteiger partial charge >= 0.3 is 0 Å². The number of pyridine rings is 1. The molecule has 0 aliphatic carbocycles. The van der Waals surface area contributed by atoms with E-state index in [-0.39, 0.29) is 0 Å². The van der Waals surface area contributed by atoms with Gasteiger partial charge in [0.05, 0.1) is 10.7 Å². The van der Waals surface area contributed by atoms with Crippen molar-refractivity contribution in [1.82, 2.24) is 0 Å². The number of aromatic nitrogens is 1. The molecule has 0 bridgehead atoms. The van der Waals surface area contributed by atoms with Gasteiger partial charge in [-0.3, -0.25) is 0 Å². The summed E-state index contributed by atoms with van der Waals surface area (Å²) in [5.74, 6) is 0. The molecule has 0 fully saturated rings. The number of fused-ring (bicyclic) bond motifs is 2. The standard InChI is InChI=1S/C25H21N2S/c1-26-15-14-19(22-11-7-9-18-8-3-4-10-21(18)22)16-20(26)17-25-27(2)23-12-5-6-13-24(23)28-25/h3-17H,1-2H3/q+1. The highest BCUT2D eigenvalue weighted by atomic mass is 32.2. The molecule has 0 saturated heterocycles. The number of hydrogen-bond acceptors (Lipinski definition) is 2. The van der Waals surface area contributed by atoms with Crippen molar-refractivity contribution in [2.45, 2.75) is 4.90 Å². The second-order valence-electron chi connectivity index (χ2n) is 7.09. The molecule has 2 nitrogen and oxygen atoms in total. The Morgan fingerprint density at radius 2 is 1.68 bits per heavy atom. The van der Waals surface area contributed by atoms with E-state index in [0.717, 1.165) is 0 Å². The SMILES string of the molecule is CN1/C(=C/c2cc(-c3cccc4ccccc34)cc[n+]2C)Sc2ccccc21. The Bertz CT molecular complexity index is 1220. The number of benzene rings is 3. The predicted molar refractivity (Wildman–Crippen MR) is 119 cm³/mol. The molecule has 2 heterocycles. The van der Waals surface area contributed by atoms with Crippen molar-refractivity contribution < 1.29 is 4.57 Å². The summed E-state index contributed by atoms with van der Waals surface area (Å²) in [4.78, 5) is 3.58. The van der Waals surface area contributed by atoms with Gasteiger partial charge in [-0.15, -0.1) is 0 Å². The smallest absolute Gasteiger partial charge is 0.208 e. The van der Waals surface area contributed by atoms with E-state index >= 15 is 0 Å². The van der Waals surface area contributed by atoms with Crippen LogP contribution in [0.3, 0.4) is 0 Å². The van der Waals surface area contributed by atoms with Crippen LogP contribution < -0.4 is 9.47 Å². The number of hydrogen-bond donors (Lipinski definition) is 0. The summed E-state index contributed by atoms with van der Waals surface area (Å²) < 4.78 is 2.18. The quantitative estimate of drug-likeness (QED) is 0.401. The van der Waals surface area contributed by atoms with Gasteiger partial charge in [0.25, 0.3) is 0 Å². The maximum Gasteiger partial charge on any atom is 0.208 e. The molecule has 5 rings (SSSR count). The van der Waals surface area contributed by atoms with Crippen molar-refractivity contribution in [3.05, 3.63) is 95.8 Å². The summed E-state index contributed by atoms with van der Waals surface area (Å²) in [5.41, 5.74) is 4.97. The molecular formula is C25H21N2S+. The van der Waals surface area contributed by atoms with Crippen LogP contribution in [0.1, 0.15) is 5.69 Å². The summed E-state index contributed by atoms with van der Waals surface area (Å²) in [6.45, 7) is 0. The van der Waals surface area contributed by atoms with E-state index in [2.05, 4.69) is 115 Å². The minimum Gasteiger partial charge on any atom is -0.338 e. The van der Waals surface area contributed by atoms with E-state index in [4.69, 9.17) is 0 Å². The van der Waals surface area contributed by atoms with Gasteiger partial charge in [0, 0.05) is 30.2 Å². The van der Waals surface area contributed by atoms with Crippen LogP contribution in [0.15, 0.2) is 95.0 Å². The number of nitrogens with zero attached hydrogens (tertiary/aromatic N) is 2. The van der Waals surface area contributed by atoms with Crippen molar-refractivity contribution in [3.8, 4) is 11.1 Å². The molecule has 0 amide bonds. The fourth-order valence-electron chi connectivity index (χ4n) is 3.75. The average Bonchev–Trinajstić information content (AvgIpc) is 3.05.